The second-order valence-electron chi connectivity index (χ2n) is 4.57. The zero-order chi connectivity index (χ0) is 9.54. The fraction of sp³-hybridized carbons (Fsp3) is 0.538. The standard InChI is InChI=1S/C13H17N/c1-2-14-13-8-9-7-12(13)11-6-4-3-5-10(9)11/h3-6,9,12-14H,2,7-8H2,1H3/t9-,12-,13+/m1/s1. The molecular weight excluding hydrogens is 170 g/mol. The van der Waals surface area contributed by atoms with Crippen LogP contribution in [0.2, 0.25) is 0 Å². The minimum atomic E-state index is 0.750. The van der Waals surface area contributed by atoms with Gasteiger partial charge in [0.2, 0.25) is 0 Å². The SMILES string of the molecule is CCN[C@H]1C[C@H]2C[C@@H]1c1ccccc12. The van der Waals surface area contributed by atoms with Crippen LogP contribution in [-0.2, 0) is 0 Å². The van der Waals surface area contributed by atoms with Crippen LogP contribution in [0, 0.1) is 0 Å². The number of hydrogen-bond donors (Lipinski definition) is 1. The molecule has 0 aromatic heterocycles. The Morgan fingerprint density at radius 3 is 2.79 bits per heavy atom. The number of hydrogen-bond acceptors (Lipinski definition) is 1. The van der Waals surface area contributed by atoms with Gasteiger partial charge in [-0.25, -0.2) is 0 Å². The van der Waals surface area contributed by atoms with Crippen LogP contribution in [-0.4, -0.2) is 12.6 Å². The average molecular weight is 187 g/mol. The number of fused-ring (bicyclic) bond motifs is 5. The van der Waals surface area contributed by atoms with E-state index in [2.05, 4.69) is 36.5 Å². The summed E-state index contributed by atoms with van der Waals surface area (Å²) in [5.74, 6) is 1.65. The molecule has 0 spiro atoms. The first kappa shape index (κ1) is 8.49. The summed E-state index contributed by atoms with van der Waals surface area (Å²) in [6.07, 6.45) is 2.74. The van der Waals surface area contributed by atoms with E-state index in [-0.39, 0.29) is 0 Å². The van der Waals surface area contributed by atoms with E-state index in [1.54, 1.807) is 11.1 Å². The van der Waals surface area contributed by atoms with Crippen molar-refractivity contribution in [2.75, 3.05) is 6.54 Å². The van der Waals surface area contributed by atoms with Gasteiger partial charge in [-0.1, -0.05) is 31.2 Å². The molecule has 74 valence electrons. The smallest absolute Gasteiger partial charge is 0.0142 e. The minimum Gasteiger partial charge on any atom is -0.314 e. The molecule has 1 fully saturated rings. The van der Waals surface area contributed by atoms with Gasteiger partial charge >= 0.3 is 0 Å². The summed E-state index contributed by atoms with van der Waals surface area (Å²) in [4.78, 5) is 0. The Balaban J connectivity index is 1.94. The summed E-state index contributed by atoms with van der Waals surface area (Å²) in [5.41, 5.74) is 3.25. The third kappa shape index (κ3) is 1.05. The van der Waals surface area contributed by atoms with Crippen molar-refractivity contribution < 1.29 is 0 Å². The van der Waals surface area contributed by atoms with Gasteiger partial charge in [0.05, 0.1) is 0 Å². The first-order chi connectivity index (χ1) is 6.90. The highest BCUT2D eigenvalue weighted by Gasteiger charge is 2.42. The van der Waals surface area contributed by atoms with Crippen LogP contribution in [0.4, 0.5) is 0 Å². The maximum atomic E-state index is 3.62. The van der Waals surface area contributed by atoms with Crippen LogP contribution >= 0.6 is 0 Å². The lowest BCUT2D eigenvalue weighted by Crippen LogP contribution is -2.32. The Hall–Kier alpha value is -0.820. The Kier molecular flexibility index (Phi) is 1.88. The van der Waals surface area contributed by atoms with Crippen molar-refractivity contribution in [3.05, 3.63) is 35.4 Å². The molecule has 1 aromatic rings. The molecule has 0 unspecified atom stereocenters. The van der Waals surface area contributed by atoms with E-state index < -0.39 is 0 Å². The largest absolute Gasteiger partial charge is 0.314 e. The van der Waals surface area contributed by atoms with Crippen molar-refractivity contribution in [2.45, 2.75) is 37.6 Å². The van der Waals surface area contributed by atoms with Crippen LogP contribution in [0.5, 0.6) is 0 Å². The third-order valence-electron chi connectivity index (χ3n) is 3.86. The zero-order valence-corrected chi connectivity index (χ0v) is 8.66. The van der Waals surface area contributed by atoms with Crippen LogP contribution in [0.15, 0.2) is 24.3 Å². The molecule has 0 heterocycles. The molecule has 0 aliphatic heterocycles. The second kappa shape index (κ2) is 3.09. The topological polar surface area (TPSA) is 12.0 Å². The Morgan fingerprint density at radius 1 is 1.21 bits per heavy atom. The maximum absolute atomic E-state index is 3.62. The molecule has 1 saturated carbocycles. The molecule has 3 rings (SSSR count). The summed E-state index contributed by atoms with van der Waals surface area (Å²) < 4.78 is 0. The fourth-order valence-electron chi connectivity index (χ4n) is 3.34. The molecule has 2 aliphatic carbocycles. The summed E-state index contributed by atoms with van der Waals surface area (Å²) in [7, 11) is 0. The van der Waals surface area contributed by atoms with Crippen LogP contribution in [0.3, 0.4) is 0 Å². The van der Waals surface area contributed by atoms with Crippen molar-refractivity contribution in [3.63, 3.8) is 0 Å². The zero-order valence-electron chi connectivity index (χ0n) is 8.66. The number of likely N-dealkylation sites (N-methyl/N-ethyl adjacent to an activating group) is 1. The van der Waals surface area contributed by atoms with Gasteiger partial charge in [-0.15, -0.1) is 0 Å². The molecule has 1 nitrogen and oxygen atoms in total. The molecule has 0 radical (unpaired) electrons. The Labute approximate surface area is 85.5 Å². The van der Waals surface area contributed by atoms with E-state index in [1.165, 1.54) is 12.8 Å². The number of rotatable bonds is 2. The summed E-state index contributed by atoms with van der Waals surface area (Å²) in [5, 5.41) is 3.62. The molecule has 0 amide bonds. The van der Waals surface area contributed by atoms with E-state index in [0.717, 1.165) is 24.4 Å². The van der Waals surface area contributed by atoms with E-state index in [0.29, 0.717) is 0 Å². The van der Waals surface area contributed by atoms with Crippen molar-refractivity contribution in [1.82, 2.24) is 5.32 Å². The average Bonchev–Trinajstić information content (AvgIpc) is 2.77. The lowest BCUT2D eigenvalue weighted by molar-refractivity contribution is 0.479. The lowest BCUT2D eigenvalue weighted by Gasteiger charge is -2.24. The fourth-order valence-corrected chi connectivity index (χ4v) is 3.34. The highest BCUT2D eigenvalue weighted by atomic mass is 14.9. The van der Waals surface area contributed by atoms with Gasteiger partial charge in [0.1, 0.15) is 0 Å². The normalized spacial score (nSPS) is 33.4. The van der Waals surface area contributed by atoms with Gasteiger partial charge in [-0.05, 0) is 36.4 Å². The van der Waals surface area contributed by atoms with Crippen molar-refractivity contribution >= 4 is 0 Å². The Morgan fingerprint density at radius 2 is 2.00 bits per heavy atom. The van der Waals surface area contributed by atoms with Gasteiger partial charge in [0.25, 0.3) is 0 Å². The van der Waals surface area contributed by atoms with Crippen LogP contribution < -0.4 is 5.32 Å². The first-order valence-corrected chi connectivity index (χ1v) is 5.72. The van der Waals surface area contributed by atoms with Crippen molar-refractivity contribution in [2.24, 2.45) is 0 Å². The molecule has 1 aromatic carbocycles. The number of benzene rings is 1. The summed E-state index contributed by atoms with van der Waals surface area (Å²) in [6.45, 7) is 3.31. The monoisotopic (exact) mass is 187 g/mol. The highest BCUT2D eigenvalue weighted by molar-refractivity contribution is 5.42. The maximum Gasteiger partial charge on any atom is 0.0142 e. The van der Waals surface area contributed by atoms with Crippen LogP contribution in [0.1, 0.15) is 42.7 Å². The molecule has 3 atom stereocenters. The molecule has 1 N–H and O–H groups in total. The molecule has 0 saturated heterocycles. The third-order valence-corrected chi connectivity index (χ3v) is 3.86. The quantitative estimate of drug-likeness (QED) is 0.750. The van der Waals surface area contributed by atoms with Crippen molar-refractivity contribution in [3.8, 4) is 0 Å². The predicted molar refractivity (Wildman–Crippen MR) is 58.6 cm³/mol. The summed E-state index contributed by atoms with van der Waals surface area (Å²) >= 11 is 0. The molecule has 14 heavy (non-hydrogen) atoms. The first-order valence-electron chi connectivity index (χ1n) is 5.72. The van der Waals surface area contributed by atoms with E-state index in [4.69, 9.17) is 0 Å². The van der Waals surface area contributed by atoms with Gasteiger partial charge in [0, 0.05) is 12.0 Å². The van der Waals surface area contributed by atoms with E-state index in [9.17, 15) is 0 Å². The van der Waals surface area contributed by atoms with Gasteiger partial charge in [-0.2, -0.15) is 0 Å². The molecule has 2 aliphatic rings. The lowest BCUT2D eigenvalue weighted by atomic mass is 9.88. The van der Waals surface area contributed by atoms with Gasteiger partial charge in [-0.3, -0.25) is 0 Å². The molecular formula is C13H17N. The van der Waals surface area contributed by atoms with Gasteiger partial charge < -0.3 is 5.32 Å². The predicted octanol–water partition coefficient (Wildman–Crippen LogP) is 2.64. The van der Waals surface area contributed by atoms with E-state index >= 15 is 0 Å². The van der Waals surface area contributed by atoms with Crippen LogP contribution in [0.25, 0.3) is 0 Å². The second-order valence-corrected chi connectivity index (χ2v) is 4.57. The summed E-state index contributed by atoms with van der Waals surface area (Å²) in [6, 6.07) is 9.76. The van der Waals surface area contributed by atoms with Gasteiger partial charge in [0.15, 0.2) is 0 Å². The molecule has 1 heteroatoms. The Bertz CT molecular complexity index is 345. The highest BCUT2D eigenvalue weighted by Crippen LogP contribution is 2.52. The van der Waals surface area contributed by atoms with E-state index in [1.807, 2.05) is 0 Å². The molecule has 2 bridgehead atoms. The van der Waals surface area contributed by atoms with Crippen molar-refractivity contribution in [1.29, 1.82) is 0 Å². The minimum absolute atomic E-state index is 0.750. The number of nitrogens with one attached hydrogen (secondary N) is 1.